The molecule has 0 bridgehead atoms. The first-order valence-corrected chi connectivity index (χ1v) is 6.95. The predicted molar refractivity (Wildman–Crippen MR) is 83.6 cm³/mol. The fourth-order valence-corrected chi connectivity index (χ4v) is 2.45. The average Bonchev–Trinajstić information content (AvgIpc) is 3.13. The number of aromatic nitrogens is 5. The summed E-state index contributed by atoms with van der Waals surface area (Å²) in [5.41, 5.74) is 3.99. The molecule has 0 amide bonds. The summed E-state index contributed by atoms with van der Waals surface area (Å²) in [6.07, 6.45) is 1.50. The van der Waals surface area contributed by atoms with E-state index in [0.717, 1.165) is 34.2 Å². The number of ether oxygens (including phenoxy) is 1. The minimum absolute atomic E-state index is 0.642. The third-order valence-corrected chi connectivity index (χ3v) is 3.50. The van der Waals surface area contributed by atoms with Crippen LogP contribution in [0.2, 0.25) is 0 Å². The number of anilines is 1. The van der Waals surface area contributed by atoms with Crippen molar-refractivity contribution < 1.29 is 4.74 Å². The number of benzene rings is 1. The molecule has 0 unspecified atom stereocenters. The zero-order chi connectivity index (χ0) is 15.5. The van der Waals surface area contributed by atoms with E-state index in [0.29, 0.717) is 6.54 Å². The number of nitrogens with zero attached hydrogens (tertiary/aromatic N) is 4. The van der Waals surface area contributed by atoms with Gasteiger partial charge in [0.05, 0.1) is 18.4 Å². The Labute approximate surface area is 128 Å². The van der Waals surface area contributed by atoms with Crippen LogP contribution in [0, 0.1) is 6.92 Å². The molecule has 2 N–H and O–H groups in total. The Balaban J connectivity index is 1.79. The summed E-state index contributed by atoms with van der Waals surface area (Å²) < 4.78 is 7.15. The maximum Gasteiger partial charge on any atom is 0.216 e. The second kappa shape index (κ2) is 5.88. The minimum Gasteiger partial charge on any atom is -0.481 e. The Bertz CT molecular complexity index is 762. The number of hydrogen-bond donors (Lipinski definition) is 2. The zero-order valence-electron chi connectivity index (χ0n) is 12.8. The van der Waals surface area contributed by atoms with E-state index in [1.807, 2.05) is 38.2 Å². The molecule has 2 heterocycles. The van der Waals surface area contributed by atoms with E-state index in [9.17, 15) is 0 Å². The normalized spacial score (nSPS) is 10.7. The van der Waals surface area contributed by atoms with Crippen LogP contribution >= 0.6 is 0 Å². The molecule has 114 valence electrons. The van der Waals surface area contributed by atoms with Gasteiger partial charge in [0.25, 0.3) is 0 Å². The summed E-state index contributed by atoms with van der Waals surface area (Å²) in [5.74, 6) is 1.52. The Morgan fingerprint density at radius 1 is 1.36 bits per heavy atom. The number of hydrogen-bond acceptors (Lipinski definition) is 5. The minimum atomic E-state index is 0.642. The SMILES string of the molecule is COc1c(CNc2cccc(-c3ncn[nH]3)c2)c(C)nn1C. The molecule has 0 saturated carbocycles. The van der Waals surface area contributed by atoms with Crippen LogP contribution in [0.5, 0.6) is 5.88 Å². The Hall–Kier alpha value is -2.83. The predicted octanol–water partition coefficient (Wildman–Crippen LogP) is 2.13. The van der Waals surface area contributed by atoms with Gasteiger partial charge in [0.2, 0.25) is 5.88 Å². The van der Waals surface area contributed by atoms with Gasteiger partial charge in [-0.15, -0.1) is 0 Å². The van der Waals surface area contributed by atoms with Gasteiger partial charge in [-0.25, -0.2) is 9.67 Å². The van der Waals surface area contributed by atoms with E-state index in [1.54, 1.807) is 11.8 Å². The number of rotatable bonds is 5. The lowest BCUT2D eigenvalue weighted by atomic mass is 10.2. The number of nitrogens with one attached hydrogen (secondary N) is 2. The van der Waals surface area contributed by atoms with E-state index in [2.05, 4.69) is 25.6 Å². The highest BCUT2D eigenvalue weighted by molar-refractivity contribution is 5.62. The molecule has 0 fully saturated rings. The maximum absolute atomic E-state index is 5.41. The van der Waals surface area contributed by atoms with Gasteiger partial charge in [0.15, 0.2) is 5.82 Å². The molecule has 0 atom stereocenters. The molecule has 3 aromatic rings. The van der Waals surface area contributed by atoms with Gasteiger partial charge in [0.1, 0.15) is 6.33 Å². The summed E-state index contributed by atoms with van der Waals surface area (Å²) in [4.78, 5) is 4.16. The molecule has 7 nitrogen and oxygen atoms in total. The topological polar surface area (TPSA) is 80.7 Å². The molecule has 0 aliphatic carbocycles. The molecule has 1 aromatic carbocycles. The largest absolute Gasteiger partial charge is 0.481 e. The number of H-pyrrole nitrogens is 1. The highest BCUT2D eigenvalue weighted by Gasteiger charge is 2.13. The fraction of sp³-hybridized carbons (Fsp3) is 0.267. The summed E-state index contributed by atoms with van der Waals surface area (Å²) in [6, 6.07) is 8.01. The van der Waals surface area contributed by atoms with Gasteiger partial charge >= 0.3 is 0 Å². The van der Waals surface area contributed by atoms with E-state index < -0.39 is 0 Å². The number of methoxy groups -OCH3 is 1. The van der Waals surface area contributed by atoms with Crippen molar-refractivity contribution in [1.82, 2.24) is 25.0 Å². The molecular formula is C15H18N6O. The quantitative estimate of drug-likeness (QED) is 0.754. The van der Waals surface area contributed by atoms with Crippen molar-refractivity contribution in [2.75, 3.05) is 12.4 Å². The molecule has 2 aromatic heterocycles. The Kier molecular flexibility index (Phi) is 3.78. The van der Waals surface area contributed by atoms with Crippen molar-refractivity contribution in [1.29, 1.82) is 0 Å². The van der Waals surface area contributed by atoms with E-state index >= 15 is 0 Å². The first-order valence-electron chi connectivity index (χ1n) is 6.95. The van der Waals surface area contributed by atoms with Crippen molar-refractivity contribution >= 4 is 5.69 Å². The lowest BCUT2D eigenvalue weighted by molar-refractivity contribution is 0.370. The molecule has 7 heteroatoms. The van der Waals surface area contributed by atoms with Crippen LogP contribution in [-0.2, 0) is 13.6 Å². The summed E-state index contributed by atoms with van der Waals surface area (Å²) >= 11 is 0. The van der Waals surface area contributed by atoms with Gasteiger partial charge in [-0.2, -0.15) is 10.2 Å². The molecule has 0 radical (unpaired) electrons. The third kappa shape index (κ3) is 2.65. The summed E-state index contributed by atoms with van der Waals surface area (Å²) in [5, 5.41) is 14.5. The van der Waals surface area contributed by atoms with E-state index in [4.69, 9.17) is 4.74 Å². The highest BCUT2D eigenvalue weighted by atomic mass is 16.5. The van der Waals surface area contributed by atoms with Crippen LogP contribution < -0.4 is 10.1 Å². The molecule has 3 rings (SSSR count). The van der Waals surface area contributed by atoms with Gasteiger partial charge in [0, 0.05) is 24.8 Å². The average molecular weight is 298 g/mol. The van der Waals surface area contributed by atoms with Crippen LogP contribution in [0.1, 0.15) is 11.3 Å². The van der Waals surface area contributed by atoms with Crippen molar-refractivity contribution in [3.8, 4) is 17.3 Å². The van der Waals surface area contributed by atoms with Crippen molar-refractivity contribution in [2.45, 2.75) is 13.5 Å². The molecule has 0 spiro atoms. The molecule has 22 heavy (non-hydrogen) atoms. The number of aromatic amines is 1. The molecule has 0 saturated heterocycles. The van der Waals surface area contributed by atoms with E-state index in [1.165, 1.54) is 6.33 Å². The summed E-state index contributed by atoms with van der Waals surface area (Å²) in [6.45, 7) is 2.62. The second-order valence-electron chi connectivity index (χ2n) is 4.97. The fourth-order valence-electron chi connectivity index (χ4n) is 2.45. The lowest BCUT2D eigenvalue weighted by Gasteiger charge is -2.09. The monoisotopic (exact) mass is 298 g/mol. The van der Waals surface area contributed by atoms with Crippen LogP contribution in [0.3, 0.4) is 0 Å². The van der Waals surface area contributed by atoms with E-state index in [-0.39, 0.29) is 0 Å². The zero-order valence-corrected chi connectivity index (χ0v) is 12.8. The van der Waals surface area contributed by atoms with Crippen LogP contribution in [0.25, 0.3) is 11.4 Å². The Morgan fingerprint density at radius 3 is 2.95 bits per heavy atom. The van der Waals surface area contributed by atoms with Crippen molar-refractivity contribution in [2.24, 2.45) is 7.05 Å². The third-order valence-electron chi connectivity index (χ3n) is 3.50. The Morgan fingerprint density at radius 2 is 2.23 bits per heavy atom. The van der Waals surface area contributed by atoms with Crippen LogP contribution in [0.4, 0.5) is 5.69 Å². The standard InChI is InChI=1S/C15H18N6O/c1-10-13(15(22-3)21(2)20-10)8-16-12-6-4-5-11(7-12)14-17-9-18-19-14/h4-7,9,16H,8H2,1-3H3,(H,17,18,19). The first-order chi connectivity index (χ1) is 10.7. The first kappa shape index (κ1) is 14.1. The maximum atomic E-state index is 5.41. The smallest absolute Gasteiger partial charge is 0.216 e. The number of aryl methyl sites for hydroxylation is 2. The van der Waals surface area contributed by atoms with Crippen LogP contribution in [-0.4, -0.2) is 32.1 Å². The van der Waals surface area contributed by atoms with Gasteiger partial charge < -0.3 is 10.1 Å². The lowest BCUT2D eigenvalue weighted by Crippen LogP contribution is -2.03. The van der Waals surface area contributed by atoms with Gasteiger partial charge in [-0.05, 0) is 19.1 Å². The van der Waals surface area contributed by atoms with Gasteiger partial charge in [-0.1, -0.05) is 12.1 Å². The molecule has 0 aliphatic rings. The van der Waals surface area contributed by atoms with Crippen molar-refractivity contribution in [3.63, 3.8) is 0 Å². The summed E-state index contributed by atoms with van der Waals surface area (Å²) in [7, 11) is 3.53. The second-order valence-corrected chi connectivity index (χ2v) is 4.97. The van der Waals surface area contributed by atoms with Gasteiger partial charge in [-0.3, -0.25) is 5.10 Å². The van der Waals surface area contributed by atoms with Crippen LogP contribution in [0.15, 0.2) is 30.6 Å². The molecular weight excluding hydrogens is 280 g/mol. The highest BCUT2D eigenvalue weighted by Crippen LogP contribution is 2.23. The van der Waals surface area contributed by atoms with Crippen molar-refractivity contribution in [3.05, 3.63) is 41.9 Å². The molecule has 0 aliphatic heterocycles.